The van der Waals surface area contributed by atoms with Crippen LogP contribution in [0.15, 0.2) is 66.7 Å². The Morgan fingerprint density at radius 3 is 2.31 bits per heavy atom. The Kier molecular flexibility index (Phi) is 4.43. The molecule has 2 aromatic rings. The number of nitrogens with zero attached hydrogens (tertiary/aromatic N) is 1. The van der Waals surface area contributed by atoms with Crippen LogP contribution in [0.3, 0.4) is 0 Å². The molecule has 0 radical (unpaired) electrons. The Morgan fingerprint density at radius 1 is 1.04 bits per heavy atom. The third kappa shape index (κ3) is 2.86. The smallest absolute Gasteiger partial charge is 0.327 e. The van der Waals surface area contributed by atoms with Crippen LogP contribution < -0.4 is 0 Å². The van der Waals surface area contributed by atoms with Crippen molar-refractivity contribution in [2.75, 3.05) is 20.2 Å². The Labute approximate surface area is 153 Å². The zero-order valence-corrected chi connectivity index (χ0v) is 14.7. The molecule has 1 fully saturated rings. The van der Waals surface area contributed by atoms with Crippen LogP contribution in [0.25, 0.3) is 5.57 Å². The number of benzene rings is 2. The highest BCUT2D eigenvalue weighted by atomic mass is 16.5. The predicted molar refractivity (Wildman–Crippen MR) is 99.2 cm³/mol. The lowest BCUT2D eigenvalue weighted by Gasteiger charge is -2.26. The number of Topliss-reactive ketones (excluding diaryl/α,β-unsaturated/α-hetero) is 1. The normalized spacial score (nSPS) is 23.4. The van der Waals surface area contributed by atoms with Gasteiger partial charge in [0.05, 0.1) is 7.11 Å². The van der Waals surface area contributed by atoms with Crippen LogP contribution in [-0.2, 0) is 14.3 Å². The third-order valence-corrected chi connectivity index (χ3v) is 5.37. The highest BCUT2D eigenvalue weighted by Gasteiger charge is 2.46. The van der Waals surface area contributed by atoms with Gasteiger partial charge in [-0.25, -0.2) is 4.79 Å². The summed E-state index contributed by atoms with van der Waals surface area (Å²) in [7, 11) is 1.41. The third-order valence-electron chi connectivity index (χ3n) is 5.37. The number of fused-ring (bicyclic) bond motifs is 1. The summed E-state index contributed by atoms with van der Waals surface area (Å²) < 4.78 is 5.04. The summed E-state index contributed by atoms with van der Waals surface area (Å²) in [4.78, 5) is 27.4. The van der Waals surface area contributed by atoms with E-state index in [4.69, 9.17) is 4.74 Å². The highest BCUT2D eigenvalue weighted by Crippen LogP contribution is 2.41. The molecule has 1 aliphatic heterocycles. The van der Waals surface area contributed by atoms with Gasteiger partial charge in [-0.1, -0.05) is 66.7 Å². The molecule has 26 heavy (non-hydrogen) atoms. The van der Waals surface area contributed by atoms with Crippen molar-refractivity contribution < 1.29 is 14.3 Å². The fourth-order valence-electron chi connectivity index (χ4n) is 4.11. The Hall–Kier alpha value is -2.72. The number of likely N-dealkylation sites (tertiary alicyclic amines) is 1. The van der Waals surface area contributed by atoms with Crippen LogP contribution in [0.5, 0.6) is 0 Å². The summed E-state index contributed by atoms with van der Waals surface area (Å²) in [5, 5.41) is 0. The monoisotopic (exact) mass is 347 g/mol. The molecule has 2 aromatic carbocycles. The molecule has 1 heterocycles. The van der Waals surface area contributed by atoms with E-state index >= 15 is 0 Å². The molecule has 2 aliphatic rings. The van der Waals surface area contributed by atoms with Crippen molar-refractivity contribution in [3.63, 3.8) is 0 Å². The van der Waals surface area contributed by atoms with Crippen LogP contribution in [0.2, 0.25) is 0 Å². The second-order valence-electron chi connectivity index (χ2n) is 6.87. The van der Waals surface area contributed by atoms with Gasteiger partial charge >= 0.3 is 5.97 Å². The zero-order chi connectivity index (χ0) is 18.1. The number of methoxy groups -OCH3 is 1. The second kappa shape index (κ2) is 6.89. The molecule has 1 aliphatic carbocycles. The van der Waals surface area contributed by atoms with Crippen molar-refractivity contribution in [3.05, 3.63) is 77.9 Å². The molecule has 0 N–H and O–H groups in total. The fourth-order valence-corrected chi connectivity index (χ4v) is 4.11. The molecule has 4 nitrogen and oxygen atoms in total. The van der Waals surface area contributed by atoms with Crippen molar-refractivity contribution >= 4 is 17.3 Å². The van der Waals surface area contributed by atoms with E-state index < -0.39 is 6.04 Å². The molecule has 0 aromatic heterocycles. The summed E-state index contributed by atoms with van der Waals surface area (Å²) in [6.45, 7) is 1.26. The van der Waals surface area contributed by atoms with Crippen LogP contribution >= 0.6 is 0 Å². The Bertz CT molecular complexity index is 844. The lowest BCUT2D eigenvalue weighted by atomic mass is 9.97. The van der Waals surface area contributed by atoms with Crippen molar-refractivity contribution in [3.8, 4) is 0 Å². The van der Waals surface area contributed by atoms with Gasteiger partial charge in [-0.15, -0.1) is 0 Å². The zero-order valence-electron chi connectivity index (χ0n) is 14.7. The molecular formula is C22H21NO3. The maximum atomic E-state index is 12.9. The number of rotatable bonds is 4. The molecule has 0 unspecified atom stereocenters. The van der Waals surface area contributed by atoms with E-state index in [1.54, 1.807) is 0 Å². The Balaban J connectivity index is 1.60. The minimum atomic E-state index is -0.465. The van der Waals surface area contributed by atoms with Gasteiger partial charge in [0.2, 0.25) is 0 Å². The molecule has 4 heteroatoms. The highest BCUT2D eigenvalue weighted by molar-refractivity contribution is 6.24. The number of ketones is 1. The van der Waals surface area contributed by atoms with E-state index in [2.05, 4.69) is 11.0 Å². The molecule has 1 saturated heterocycles. The SMILES string of the molecule is COC(=O)[C@H](c1ccccc1)N1C[C@H]2C=C(c3ccccc3)C(=O)[C@H]2C1. The van der Waals surface area contributed by atoms with Crippen molar-refractivity contribution in [1.82, 2.24) is 4.90 Å². The minimum Gasteiger partial charge on any atom is -0.468 e. The van der Waals surface area contributed by atoms with Crippen molar-refractivity contribution in [1.29, 1.82) is 0 Å². The van der Waals surface area contributed by atoms with E-state index in [1.807, 2.05) is 60.7 Å². The molecular weight excluding hydrogens is 326 g/mol. The average molecular weight is 347 g/mol. The van der Waals surface area contributed by atoms with Gasteiger partial charge in [0.15, 0.2) is 5.78 Å². The molecule has 4 rings (SSSR count). The predicted octanol–water partition coefficient (Wildman–Crippen LogP) is 3.12. The molecule has 0 saturated carbocycles. The summed E-state index contributed by atoms with van der Waals surface area (Å²) in [6, 6.07) is 19.0. The van der Waals surface area contributed by atoms with E-state index in [0.717, 1.165) is 16.7 Å². The van der Waals surface area contributed by atoms with Gasteiger partial charge < -0.3 is 4.74 Å². The summed E-state index contributed by atoms with van der Waals surface area (Å²) in [6.07, 6.45) is 2.08. The van der Waals surface area contributed by atoms with Gasteiger partial charge in [-0.3, -0.25) is 9.69 Å². The standard InChI is InChI=1S/C22H21NO3/c1-26-22(25)20(16-10-6-3-7-11-16)23-13-17-12-18(21(24)19(17)14-23)15-8-4-2-5-9-15/h2-12,17,19-20H,13-14H2,1H3/t17-,19+,20+/m1/s1. The number of ether oxygens (including phenoxy) is 1. The van der Waals surface area contributed by atoms with E-state index in [9.17, 15) is 9.59 Å². The van der Waals surface area contributed by atoms with Crippen LogP contribution in [0.4, 0.5) is 0 Å². The molecule has 0 bridgehead atoms. The van der Waals surface area contributed by atoms with Gasteiger partial charge in [0.1, 0.15) is 6.04 Å². The maximum absolute atomic E-state index is 12.9. The molecule has 0 spiro atoms. The largest absolute Gasteiger partial charge is 0.468 e. The van der Waals surface area contributed by atoms with Gasteiger partial charge in [-0.2, -0.15) is 0 Å². The van der Waals surface area contributed by atoms with Crippen molar-refractivity contribution in [2.24, 2.45) is 11.8 Å². The van der Waals surface area contributed by atoms with Crippen LogP contribution in [0, 0.1) is 11.8 Å². The van der Waals surface area contributed by atoms with Crippen LogP contribution in [-0.4, -0.2) is 36.9 Å². The molecule has 0 amide bonds. The lowest BCUT2D eigenvalue weighted by molar-refractivity contribution is -0.147. The first-order valence-corrected chi connectivity index (χ1v) is 8.87. The van der Waals surface area contributed by atoms with E-state index in [-0.39, 0.29) is 23.6 Å². The fraction of sp³-hybridized carbons (Fsp3) is 0.273. The number of carbonyl (C=O) groups is 2. The van der Waals surface area contributed by atoms with Gasteiger partial charge in [-0.05, 0) is 11.1 Å². The molecule has 132 valence electrons. The first-order valence-electron chi connectivity index (χ1n) is 8.87. The number of hydrogen-bond donors (Lipinski definition) is 0. The quantitative estimate of drug-likeness (QED) is 0.798. The average Bonchev–Trinajstić information content (AvgIpc) is 3.23. The first kappa shape index (κ1) is 16.7. The summed E-state index contributed by atoms with van der Waals surface area (Å²) >= 11 is 0. The first-order chi connectivity index (χ1) is 12.7. The van der Waals surface area contributed by atoms with E-state index in [1.165, 1.54) is 7.11 Å². The Morgan fingerprint density at radius 2 is 1.69 bits per heavy atom. The van der Waals surface area contributed by atoms with Gasteiger partial charge in [0.25, 0.3) is 0 Å². The number of esters is 1. The van der Waals surface area contributed by atoms with Gasteiger partial charge in [0, 0.05) is 30.5 Å². The second-order valence-corrected chi connectivity index (χ2v) is 6.87. The maximum Gasteiger partial charge on any atom is 0.327 e. The minimum absolute atomic E-state index is 0.0823. The van der Waals surface area contributed by atoms with Crippen molar-refractivity contribution in [2.45, 2.75) is 6.04 Å². The topological polar surface area (TPSA) is 46.6 Å². The van der Waals surface area contributed by atoms with Crippen LogP contribution in [0.1, 0.15) is 17.2 Å². The summed E-state index contributed by atoms with van der Waals surface area (Å²) in [5.41, 5.74) is 2.69. The number of hydrogen-bond acceptors (Lipinski definition) is 4. The number of allylic oxidation sites excluding steroid dienone is 1. The lowest BCUT2D eigenvalue weighted by Crippen LogP contribution is -2.34. The molecule has 3 atom stereocenters. The summed E-state index contributed by atoms with van der Waals surface area (Å²) in [5.74, 6) is -0.0362. The van der Waals surface area contributed by atoms with E-state index in [0.29, 0.717) is 13.1 Å². The number of carbonyl (C=O) groups excluding carboxylic acids is 2.